The van der Waals surface area contributed by atoms with Gasteiger partial charge >= 0.3 is 5.97 Å². The molecule has 1 amide bonds. The summed E-state index contributed by atoms with van der Waals surface area (Å²) in [4.78, 5) is 22.7. The van der Waals surface area contributed by atoms with E-state index in [1.807, 2.05) is 30.3 Å². The molecule has 8 heteroatoms. The molecule has 0 radical (unpaired) electrons. The highest BCUT2D eigenvalue weighted by Crippen LogP contribution is 2.31. The van der Waals surface area contributed by atoms with Gasteiger partial charge in [-0.05, 0) is 54.4 Å². The van der Waals surface area contributed by atoms with Crippen LogP contribution in [0.1, 0.15) is 30.6 Å². The number of fused-ring (bicyclic) bond motifs is 1. The Bertz CT molecular complexity index is 1350. The first-order chi connectivity index (χ1) is 17.8. The molecule has 4 rings (SSSR count). The van der Waals surface area contributed by atoms with Crippen LogP contribution in [0.3, 0.4) is 0 Å². The van der Waals surface area contributed by atoms with Crippen molar-refractivity contribution in [3.05, 3.63) is 84.2 Å². The molecule has 37 heavy (non-hydrogen) atoms. The minimum atomic E-state index is -0.966. The maximum atomic E-state index is 14.9. The van der Waals surface area contributed by atoms with Gasteiger partial charge < -0.3 is 24.9 Å². The van der Waals surface area contributed by atoms with Gasteiger partial charge in [0.05, 0.1) is 18.0 Å². The fraction of sp³-hybridized carbons (Fsp3) is 0.241. The average molecular weight is 505 g/mol. The summed E-state index contributed by atoms with van der Waals surface area (Å²) in [6.07, 6.45) is -0.131. The first-order valence-electron chi connectivity index (χ1n) is 12.1. The summed E-state index contributed by atoms with van der Waals surface area (Å²) in [5, 5.41) is 15.6. The molecule has 0 aliphatic rings. The number of hydrogen-bond acceptors (Lipinski definition) is 5. The fourth-order valence-electron chi connectivity index (χ4n) is 3.80. The Kier molecular flexibility index (Phi) is 8.08. The van der Waals surface area contributed by atoms with Crippen LogP contribution in [0.4, 0.5) is 10.1 Å². The molecule has 7 nitrogen and oxygen atoms in total. The minimum Gasteiger partial charge on any atom is -0.491 e. The standard InChI is InChI=1S/C29H29FN2O5/c1-18(2)25(32-21-9-7-19(8-10-21)29(35)31-14-13-28(33)34)17-36-22-11-12-23(24(30)16-22)27-15-20-5-3-4-6-26(20)37-27/h3-12,15-16,18,25,32H,13-14,17H2,1-2H3,(H,31,35)(H,33,34). The number of hydrogen-bond donors (Lipinski definition) is 3. The van der Waals surface area contributed by atoms with Crippen LogP contribution in [0.2, 0.25) is 0 Å². The van der Waals surface area contributed by atoms with E-state index in [2.05, 4.69) is 24.5 Å². The van der Waals surface area contributed by atoms with Crippen molar-refractivity contribution in [3.8, 4) is 17.1 Å². The van der Waals surface area contributed by atoms with E-state index in [1.165, 1.54) is 6.07 Å². The molecule has 0 bridgehead atoms. The first kappa shape index (κ1) is 25.8. The topological polar surface area (TPSA) is 101 Å². The lowest BCUT2D eigenvalue weighted by atomic mass is 10.0. The predicted molar refractivity (Wildman–Crippen MR) is 140 cm³/mol. The molecule has 1 heterocycles. The van der Waals surface area contributed by atoms with Crippen LogP contribution in [0, 0.1) is 11.7 Å². The van der Waals surface area contributed by atoms with Crippen molar-refractivity contribution in [2.24, 2.45) is 5.92 Å². The molecule has 3 N–H and O–H groups in total. The second kappa shape index (κ2) is 11.6. The lowest BCUT2D eigenvalue weighted by molar-refractivity contribution is -0.136. The van der Waals surface area contributed by atoms with E-state index >= 15 is 0 Å². The van der Waals surface area contributed by atoms with E-state index in [0.29, 0.717) is 34.8 Å². The molecule has 1 aromatic heterocycles. The van der Waals surface area contributed by atoms with Crippen LogP contribution in [-0.2, 0) is 4.79 Å². The van der Waals surface area contributed by atoms with E-state index in [0.717, 1.165) is 11.1 Å². The Hall–Kier alpha value is -4.33. The Morgan fingerprint density at radius 3 is 2.46 bits per heavy atom. The minimum absolute atomic E-state index is 0.0702. The molecular weight excluding hydrogens is 475 g/mol. The van der Waals surface area contributed by atoms with Gasteiger partial charge in [0.25, 0.3) is 5.91 Å². The maximum absolute atomic E-state index is 14.9. The zero-order chi connectivity index (χ0) is 26.4. The molecule has 1 unspecified atom stereocenters. The maximum Gasteiger partial charge on any atom is 0.305 e. The lowest BCUT2D eigenvalue weighted by Gasteiger charge is -2.24. The number of rotatable bonds is 11. The smallest absolute Gasteiger partial charge is 0.305 e. The van der Waals surface area contributed by atoms with Crippen molar-refractivity contribution >= 4 is 28.5 Å². The largest absolute Gasteiger partial charge is 0.491 e. The number of carboxylic acids is 1. The van der Waals surface area contributed by atoms with Crippen molar-refractivity contribution in [1.82, 2.24) is 5.32 Å². The molecular formula is C29H29FN2O5. The summed E-state index contributed by atoms with van der Waals surface area (Å²) < 4.78 is 26.6. The van der Waals surface area contributed by atoms with E-state index < -0.39 is 11.8 Å². The van der Waals surface area contributed by atoms with E-state index in [1.54, 1.807) is 36.4 Å². The van der Waals surface area contributed by atoms with Gasteiger partial charge in [0.2, 0.25) is 0 Å². The molecule has 192 valence electrons. The van der Waals surface area contributed by atoms with Crippen molar-refractivity contribution < 1.29 is 28.2 Å². The number of anilines is 1. The Morgan fingerprint density at radius 2 is 1.78 bits per heavy atom. The number of benzene rings is 3. The molecule has 0 fully saturated rings. The summed E-state index contributed by atoms with van der Waals surface area (Å²) in [6, 6.07) is 20.9. The number of halogens is 1. The number of carbonyl (C=O) groups is 2. The zero-order valence-electron chi connectivity index (χ0n) is 20.7. The molecule has 1 atom stereocenters. The quantitative estimate of drug-likeness (QED) is 0.233. The molecule has 3 aromatic carbocycles. The Balaban J connectivity index is 1.36. The number of para-hydroxylation sites is 1. The molecule has 0 aliphatic heterocycles. The van der Waals surface area contributed by atoms with Gasteiger partial charge in [0.1, 0.15) is 29.5 Å². The summed E-state index contributed by atoms with van der Waals surface area (Å²) in [6.45, 7) is 4.48. The van der Waals surface area contributed by atoms with Crippen LogP contribution < -0.4 is 15.4 Å². The number of ether oxygens (including phenoxy) is 1. The normalized spacial score (nSPS) is 11.9. The molecule has 0 aliphatic carbocycles. The van der Waals surface area contributed by atoms with Crippen molar-refractivity contribution in [3.63, 3.8) is 0 Å². The van der Waals surface area contributed by atoms with E-state index in [4.69, 9.17) is 14.3 Å². The van der Waals surface area contributed by atoms with Crippen LogP contribution >= 0.6 is 0 Å². The van der Waals surface area contributed by atoms with Crippen molar-refractivity contribution in [2.45, 2.75) is 26.3 Å². The van der Waals surface area contributed by atoms with Gasteiger partial charge in [0, 0.05) is 29.2 Å². The number of carbonyl (C=O) groups excluding carboxylic acids is 1. The predicted octanol–water partition coefficient (Wildman–Crippen LogP) is 5.96. The van der Waals surface area contributed by atoms with Gasteiger partial charge in [0.15, 0.2) is 0 Å². The summed E-state index contributed by atoms with van der Waals surface area (Å²) >= 11 is 0. The monoisotopic (exact) mass is 504 g/mol. The highest BCUT2D eigenvalue weighted by molar-refractivity contribution is 5.94. The number of furan rings is 1. The molecule has 0 saturated heterocycles. The summed E-state index contributed by atoms with van der Waals surface area (Å²) in [7, 11) is 0. The van der Waals surface area contributed by atoms with Gasteiger partial charge in [-0.15, -0.1) is 0 Å². The molecule has 0 spiro atoms. The number of aliphatic carboxylic acids is 1. The zero-order valence-corrected chi connectivity index (χ0v) is 20.7. The second-order valence-corrected chi connectivity index (χ2v) is 9.07. The highest BCUT2D eigenvalue weighted by atomic mass is 19.1. The third-order valence-electron chi connectivity index (χ3n) is 5.99. The van der Waals surface area contributed by atoms with Gasteiger partial charge in [-0.3, -0.25) is 9.59 Å². The van der Waals surface area contributed by atoms with Gasteiger partial charge in [-0.2, -0.15) is 0 Å². The average Bonchev–Trinajstić information content (AvgIpc) is 3.30. The van der Waals surface area contributed by atoms with Crippen molar-refractivity contribution in [1.29, 1.82) is 0 Å². The number of nitrogens with one attached hydrogen (secondary N) is 2. The number of carboxylic acid groups (broad SMARTS) is 1. The summed E-state index contributed by atoms with van der Waals surface area (Å²) in [5.74, 6) is -0.637. The molecule has 0 saturated carbocycles. The second-order valence-electron chi connectivity index (χ2n) is 9.07. The lowest BCUT2D eigenvalue weighted by Crippen LogP contribution is -2.32. The van der Waals surface area contributed by atoms with Crippen molar-refractivity contribution in [2.75, 3.05) is 18.5 Å². The Labute approximate surface area is 214 Å². The van der Waals surface area contributed by atoms with Gasteiger partial charge in [-0.25, -0.2) is 4.39 Å². The molecule has 4 aromatic rings. The van der Waals surface area contributed by atoms with Crippen LogP contribution in [0.5, 0.6) is 5.75 Å². The van der Waals surface area contributed by atoms with Gasteiger partial charge in [-0.1, -0.05) is 32.0 Å². The van der Waals surface area contributed by atoms with Crippen LogP contribution in [0.15, 0.2) is 77.2 Å². The number of amides is 1. The first-order valence-corrected chi connectivity index (χ1v) is 12.1. The third-order valence-corrected chi connectivity index (χ3v) is 5.99. The van der Waals surface area contributed by atoms with E-state index in [9.17, 15) is 14.0 Å². The van der Waals surface area contributed by atoms with E-state index in [-0.39, 0.29) is 30.8 Å². The fourth-order valence-corrected chi connectivity index (χ4v) is 3.80. The summed E-state index contributed by atoms with van der Waals surface area (Å²) in [5.41, 5.74) is 2.31. The van der Waals surface area contributed by atoms with Crippen LogP contribution in [-0.4, -0.2) is 36.2 Å². The SMILES string of the molecule is CC(C)C(COc1ccc(-c2cc3ccccc3o2)c(F)c1)Nc1ccc(C(=O)NCCC(=O)O)cc1. The van der Waals surface area contributed by atoms with Crippen LogP contribution in [0.25, 0.3) is 22.3 Å². The Morgan fingerprint density at radius 1 is 1.03 bits per heavy atom. The highest BCUT2D eigenvalue weighted by Gasteiger charge is 2.17. The third kappa shape index (κ3) is 6.67.